The molecule has 0 nitrogen and oxygen atoms in total. The molecule has 15 heavy (non-hydrogen) atoms. The van der Waals surface area contributed by atoms with Crippen LogP contribution in [0.3, 0.4) is 0 Å². The zero-order chi connectivity index (χ0) is 11.5. The Balaban J connectivity index is 3.17. The third-order valence-electron chi connectivity index (χ3n) is 1.60. The topological polar surface area (TPSA) is 0 Å². The third-order valence-corrected chi connectivity index (χ3v) is 1.75. The standard InChI is InChI=1S/C10H6F4S/c11-9-4-3-8(10(12,13)14)6-7(9)2-1-5-15/h3-4,6,15H,5H2. The minimum absolute atomic E-state index is 0.162. The SMILES string of the molecule is Fc1ccc(C(F)(F)F)cc1C#CCS. The molecule has 0 aliphatic carbocycles. The zero-order valence-corrected chi connectivity index (χ0v) is 8.29. The molecule has 80 valence electrons. The van der Waals surface area contributed by atoms with Crippen molar-refractivity contribution in [1.29, 1.82) is 0 Å². The van der Waals surface area contributed by atoms with Gasteiger partial charge in [0.1, 0.15) is 5.82 Å². The summed E-state index contributed by atoms with van der Waals surface area (Å²) >= 11 is 3.75. The van der Waals surface area contributed by atoms with Crippen LogP contribution in [0.1, 0.15) is 11.1 Å². The quantitative estimate of drug-likeness (QED) is 0.398. The summed E-state index contributed by atoms with van der Waals surface area (Å²) in [4.78, 5) is 0. The number of hydrogen-bond donors (Lipinski definition) is 1. The first kappa shape index (κ1) is 11.9. The minimum Gasteiger partial charge on any atom is -0.206 e. The maximum Gasteiger partial charge on any atom is 0.416 e. The van der Waals surface area contributed by atoms with Gasteiger partial charge in [-0.1, -0.05) is 11.8 Å². The molecule has 5 heteroatoms. The Kier molecular flexibility index (Phi) is 3.64. The molecule has 0 aromatic heterocycles. The molecular formula is C10H6F4S. The van der Waals surface area contributed by atoms with Gasteiger partial charge in [0.2, 0.25) is 0 Å². The van der Waals surface area contributed by atoms with E-state index in [0.717, 1.165) is 6.07 Å². The van der Waals surface area contributed by atoms with E-state index in [1.807, 2.05) is 0 Å². The highest BCUT2D eigenvalue weighted by Crippen LogP contribution is 2.30. The van der Waals surface area contributed by atoms with Crippen molar-refractivity contribution in [1.82, 2.24) is 0 Å². The average molecular weight is 234 g/mol. The summed E-state index contributed by atoms with van der Waals surface area (Å²) in [7, 11) is 0. The van der Waals surface area contributed by atoms with Crippen LogP contribution in [-0.4, -0.2) is 5.75 Å². The fourth-order valence-corrected chi connectivity index (χ4v) is 1.01. The molecule has 0 unspecified atom stereocenters. The van der Waals surface area contributed by atoms with Crippen LogP contribution in [0.15, 0.2) is 18.2 Å². The summed E-state index contributed by atoms with van der Waals surface area (Å²) in [5.74, 6) is 4.06. The van der Waals surface area contributed by atoms with Crippen LogP contribution >= 0.6 is 12.6 Å². The largest absolute Gasteiger partial charge is 0.416 e. The molecule has 0 aliphatic heterocycles. The van der Waals surface area contributed by atoms with E-state index in [1.54, 1.807) is 0 Å². The first-order valence-corrected chi connectivity index (χ1v) is 4.55. The molecule has 0 saturated heterocycles. The van der Waals surface area contributed by atoms with E-state index >= 15 is 0 Å². The van der Waals surface area contributed by atoms with E-state index in [4.69, 9.17) is 0 Å². The first-order chi connectivity index (χ1) is 6.95. The van der Waals surface area contributed by atoms with Crippen LogP contribution in [0.5, 0.6) is 0 Å². The second-order valence-corrected chi connectivity index (χ2v) is 2.97. The fourth-order valence-electron chi connectivity index (χ4n) is 0.932. The van der Waals surface area contributed by atoms with Crippen LogP contribution in [0.2, 0.25) is 0 Å². The Bertz CT molecular complexity index is 412. The van der Waals surface area contributed by atoms with E-state index < -0.39 is 17.6 Å². The smallest absolute Gasteiger partial charge is 0.206 e. The van der Waals surface area contributed by atoms with Crippen molar-refractivity contribution in [2.75, 3.05) is 5.75 Å². The molecule has 1 aromatic carbocycles. The monoisotopic (exact) mass is 234 g/mol. The highest BCUT2D eigenvalue weighted by atomic mass is 32.1. The molecule has 1 rings (SSSR count). The van der Waals surface area contributed by atoms with Gasteiger partial charge in [0.05, 0.1) is 16.9 Å². The van der Waals surface area contributed by atoms with Crippen molar-refractivity contribution in [2.45, 2.75) is 6.18 Å². The van der Waals surface area contributed by atoms with Gasteiger partial charge in [0.15, 0.2) is 0 Å². The number of rotatable bonds is 0. The van der Waals surface area contributed by atoms with Gasteiger partial charge in [0, 0.05) is 0 Å². The lowest BCUT2D eigenvalue weighted by Gasteiger charge is -2.06. The summed E-state index contributed by atoms with van der Waals surface area (Å²) < 4.78 is 49.7. The molecule has 0 saturated carbocycles. The van der Waals surface area contributed by atoms with Crippen LogP contribution in [0, 0.1) is 17.7 Å². The third kappa shape index (κ3) is 3.17. The van der Waals surface area contributed by atoms with Crippen molar-refractivity contribution in [3.8, 4) is 11.8 Å². The van der Waals surface area contributed by atoms with Gasteiger partial charge >= 0.3 is 6.18 Å². The maximum absolute atomic E-state index is 13.0. The Hall–Kier alpha value is -1.15. The van der Waals surface area contributed by atoms with Gasteiger partial charge in [-0.3, -0.25) is 0 Å². The molecule has 0 amide bonds. The van der Waals surface area contributed by atoms with Crippen molar-refractivity contribution >= 4 is 12.6 Å². The Morgan fingerprint density at radius 2 is 1.93 bits per heavy atom. The summed E-state index contributed by atoms with van der Waals surface area (Å²) in [5.41, 5.74) is -1.17. The molecule has 0 N–H and O–H groups in total. The van der Waals surface area contributed by atoms with Crippen LogP contribution in [-0.2, 0) is 6.18 Å². The molecule has 0 heterocycles. The Morgan fingerprint density at radius 1 is 1.27 bits per heavy atom. The van der Waals surface area contributed by atoms with Crippen molar-refractivity contribution < 1.29 is 17.6 Å². The molecule has 0 aliphatic rings. The van der Waals surface area contributed by atoms with Gasteiger partial charge in [-0.2, -0.15) is 25.8 Å². The van der Waals surface area contributed by atoms with Crippen molar-refractivity contribution in [3.63, 3.8) is 0 Å². The summed E-state index contributed by atoms with van der Waals surface area (Å²) in [6.45, 7) is 0. The first-order valence-electron chi connectivity index (χ1n) is 3.91. The molecule has 0 atom stereocenters. The van der Waals surface area contributed by atoms with Gasteiger partial charge < -0.3 is 0 Å². The van der Waals surface area contributed by atoms with E-state index in [9.17, 15) is 17.6 Å². The van der Waals surface area contributed by atoms with Crippen LogP contribution in [0.4, 0.5) is 17.6 Å². The normalized spacial score (nSPS) is 10.7. The van der Waals surface area contributed by atoms with Gasteiger partial charge in [0.25, 0.3) is 0 Å². The maximum atomic E-state index is 13.0. The molecule has 0 spiro atoms. The van der Waals surface area contributed by atoms with Crippen LogP contribution < -0.4 is 0 Å². The number of thiol groups is 1. The van der Waals surface area contributed by atoms with Gasteiger partial charge in [-0.25, -0.2) is 4.39 Å². The summed E-state index contributed by atoms with van der Waals surface area (Å²) in [6, 6.07) is 2.12. The van der Waals surface area contributed by atoms with E-state index in [2.05, 4.69) is 24.5 Å². The average Bonchev–Trinajstić information content (AvgIpc) is 2.15. The fraction of sp³-hybridized carbons (Fsp3) is 0.200. The van der Waals surface area contributed by atoms with Gasteiger partial charge in [-0.05, 0) is 18.2 Å². The predicted molar refractivity (Wildman–Crippen MR) is 52.1 cm³/mol. The number of halogens is 4. The molecular weight excluding hydrogens is 228 g/mol. The number of benzene rings is 1. The highest BCUT2D eigenvalue weighted by molar-refractivity contribution is 7.80. The number of hydrogen-bond acceptors (Lipinski definition) is 1. The lowest BCUT2D eigenvalue weighted by atomic mass is 10.1. The van der Waals surface area contributed by atoms with Crippen LogP contribution in [0.25, 0.3) is 0 Å². The van der Waals surface area contributed by atoms with Gasteiger partial charge in [-0.15, -0.1) is 0 Å². The Labute approximate surface area is 89.7 Å². The summed E-state index contributed by atoms with van der Waals surface area (Å²) in [6.07, 6.45) is -4.48. The number of alkyl halides is 3. The highest BCUT2D eigenvalue weighted by Gasteiger charge is 2.30. The second kappa shape index (κ2) is 4.58. The second-order valence-electron chi connectivity index (χ2n) is 2.65. The minimum atomic E-state index is -4.48. The lowest BCUT2D eigenvalue weighted by molar-refractivity contribution is -0.137. The Morgan fingerprint density at radius 3 is 2.47 bits per heavy atom. The summed E-state index contributed by atoms with van der Waals surface area (Å²) in [5, 5.41) is 0. The molecule has 0 bridgehead atoms. The van der Waals surface area contributed by atoms with E-state index in [1.165, 1.54) is 0 Å². The zero-order valence-electron chi connectivity index (χ0n) is 7.40. The molecule has 0 fully saturated rings. The van der Waals surface area contributed by atoms with E-state index in [0.29, 0.717) is 12.1 Å². The lowest BCUT2D eigenvalue weighted by Crippen LogP contribution is -2.05. The molecule has 0 radical (unpaired) electrons. The van der Waals surface area contributed by atoms with Crippen molar-refractivity contribution in [2.24, 2.45) is 0 Å². The van der Waals surface area contributed by atoms with Crippen molar-refractivity contribution in [3.05, 3.63) is 35.1 Å². The van der Waals surface area contributed by atoms with E-state index in [-0.39, 0.29) is 11.3 Å². The molecule has 1 aromatic rings. The predicted octanol–water partition coefficient (Wildman–Crippen LogP) is 3.13.